The highest BCUT2D eigenvalue weighted by Crippen LogP contribution is 2.57. The highest BCUT2D eigenvalue weighted by atomic mass is 19.4. The third kappa shape index (κ3) is 2.54. The van der Waals surface area contributed by atoms with Crippen LogP contribution >= 0.6 is 0 Å². The van der Waals surface area contributed by atoms with Crippen LogP contribution in [0.4, 0.5) is 43.9 Å². The Morgan fingerprint density at radius 3 is 1.20 bits per heavy atom. The van der Waals surface area contributed by atoms with Crippen LogP contribution in [-0.4, -0.2) is 53.0 Å². The van der Waals surface area contributed by atoms with Gasteiger partial charge in [-0.3, -0.25) is 0 Å². The van der Waals surface area contributed by atoms with Crippen molar-refractivity contribution in [1.29, 1.82) is 0 Å². The van der Waals surface area contributed by atoms with Gasteiger partial charge in [-0.1, -0.05) is 0 Å². The summed E-state index contributed by atoms with van der Waals surface area (Å²) in [4.78, 5) is 0. The Morgan fingerprint density at radius 1 is 0.550 bits per heavy atom. The van der Waals surface area contributed by atoms with Gasteiger partial charge in [-0.2, -0.15) is 43.9 Å². The summed E-state index contributed by atoms with van der Waals surface area (Å²) in [5.74, 6) is -32.9. The van der Waals surface area contributed by atoms with Gasteiger partial charge in [0.1, 0.15) is 6.61 Å². The lowest BCUT2D eigenvalue weighted by molar-refractivity contribution is -0.404. The summed E-state index contributed by atoms with van der Waals surface area (Å²) in [7, 11) is 0. The van der Waals surface area contributed by atoms with Gasteiger partial charge in [0.15, 0.2) is 0 Å². The molecule has 0 spiro atoms. The van der Waals surface area contributed by atoms with E-state index in [2.05, 4.69) is 0 Å². The fourth-order valence-electron chi connectivity index (χ4n) is 1.05. The normalized spacial score (nSPS) is 15.6. The molecular weight excluding hydrogens is 318 g/mol. The zero-order valence-electron chi connectivity index (χ0n) is 9.30. The lowest BCUT2D eigenvalue weighted by Crippen LogP contribution is -2.68. The van der Waals surface area contributed by atoms with Crippen molar-refractivity contribution in [2.45, 2.75) is 36.0 Å². The zero-order valence-corrected chi connectivity index (χ0v) is 9.30. The molecule has 0 unspecified atom stereocenters. The van der Waals surface area contributed by atoms with Gasteiger partial charge in [0, 0.05) is 13.0 Å². The fraction of sp³-hybridized carbons (Fsp3) is 1.00. The molecule has 12 heteroatoms. The highest BCUT2D eigenvalue weighted by molar-refractivity contribution is 5.08. The van der Waals surface area contributed by atoms with E-state index in [-0.39, 0.29) is 0 Å². The van der Waals surface area contributed by atoms with Crippen molar-refractivity contribution in [3.05, 3.63) is 0 Å². The van der Waals surface area contributed by atoms with Crippen LogP contribution in [0.1, 0.15) is 6.42 Å². The molecule has 0 aliphatic carbocycles. The second kappa shape index (κ2) is 5.20. The van der Waals surface area contributed by atoms with Crippen LogP contribution in [0.25, 0.3) is 0 Å². The second-order valence-electron chi connectivity index (χ2n) is 3.76. The molecule has 2 N–H and O–H groups in total. The van der Waals surface area contributed by atoms with E-state index in [1.807, 2.05) is 0 Å². The summed E-state index contributed by atoms with van der Waals surface area (Å²) in [6, 6.07) is 0. The van der Waals surface area contributed by atoms with Crippen LogP contribution in [0, 0.1) is 0 Å². The molecule has 0 aromatic carbocycles. The first kappa shape index (κ1) is 19.2. The summed E-state index contributed by atoms with van der Waals surface area (Å²) in [5, 5.41) is 15.8. The van der Waals surface area contributed by atoms with E-state index in [1.54, 1.807) is 0 Å². The minimum Gasteiger partial charge on any atom is -0.396 e. The van der Waals surface area contributed by atoms with E-state index in [4.69, 9.17) is 10.2 Å². The SMILES string of the molecule is OCCC(F)(F)C(F)(F)C(F)(F)C(F)(F)C(F)(F)CO. The van der Waals surface area contributed by atoms with Gasteiger partial charge < -0.3 is 10.2 Å². The molecule has 20 heavy (non-hydrogen) atoms. The Morgan fingerprint density at radius 2 is 0.900 bits per heavy atom. The molecular formula is C8H8F10O2. The van der Waals surface area contributed by atoms with E-state index in [9.17, 15) is 43.9 Å². The summed E-state index contributed by atoms with van der Waals surface area (Å²) >= 11 is 0. The van der Waals surface area contributed by atoms with Gasteiger partial charge in [-0.05, 0) is 0 Å². The smallest absolute Gasteiger partial charge is 0.384 e. The van der Waals surface area contributed by atoms with Gasteiger partial charge in [-0.25, -0.2) is 0 Å². The van der Waals surface area contributed by atoms with Gasteiger partial charge in [0.05, 0.1) is 0 Å². The average molecular weight is 326 g/mol. The van der Waals surface area contributed by atoms with Crippen LogP contribution in [0.2, 0.25) is 0 Å². The fourth-order valence-corrected chi connectivity index (χ4v) is 1.05. The van der Waals surface area contributed by atoms with Gasteiger partial charge in [-0.15, -0.1) is 0 Å². The van der Waals surface area contributed by atoms with Crippen LogP contribution in [-0.2, 0) is 0 Å². The van der Waals surface area contributed by atoms with Crippen molar-refractivity contribution in [2.75, 3.05) is 13.2 Å². The van der Waals surface area contributed by atoms with Crippen LogP contribution < -0.4 is 0 Å². The topological polar surface area (TPSA) is 40.5 Å². The zero-order chi connectivity index (χ0) is 16.6. The van der Waals surface area contributed by atoms with Gasteiger partial charge >= 0.3 is 29.6 Å². The molecule has 0 atom stereocenters. The molecule has 0 aliphatic rings. The number of halogens is 10. The van der Waals surface area contributed by atoms with E-state index >= 15 is 0 Å². The minimum atomic E-state index is -7.18. The molecule has 0 fully saturated rings. The lowest BCUT2D eigenvalue weighted by Gasteiger charge is -2.38. The molecule has 0 bridgehead atoms. The third-order valence-electron chi connectivity index (χ3n) is 2.33. The predicted octanol–water partition coefficient (Wildman–Crippen LogP) is 2.54. The quantitative estimate of drug-likeness (QED) is 0.706. The average Bonchev–Trinajstić information content (AvgIpc) is 2.27. The van der Waals surface area contributed by atoms with E-state index in [0.29, 0.717) is 0 Å². The first-order chi connectivity index (χ1) is 8.62. The maximum absolute atomic E-state index is 12.8. The number of aliphatic hydroxyl groups excluding tert-OH is 2. The molecule has 0 heterocycles. The Hall–Kier alpha value is -0.780. The predicted molar refractivity (Wildman–Crippen MR) is 43.5 cm³/mol. The molecule has 122 valence electrons. The molecule has 0 saturated heterocycles. The molecule has 0 rings (SSSR count). The maximum Gasteiger partial charge on any atom is 0.384 e. The summed E-state index contributed by atoms with van der Waals surface area (Å²) in [6.07, 6.45) is -2.35. The molecule has 0 aromatic rings. The van der Waals surface area contributed by atoms with Crippen LogP contribution in [0.15, 0.2) is 0 Å². The molecule has 2 nitrogen and oxygen atoms in total. The first-order valence-electron chi connectivity index (χ1n) is 4.73. The van der Waals surface area contributed by atoms with Crippen molar-refractivity contribution in [1.82, 2.24) is 0 Å². The lowest BCUT2D eigenvalue weighted by atomic mass is 9.93. The number of hydrogen-bond acceptors (Lipinski definition) is 2. The monoisotopic (exact) mass is 326 g/mol. The van der Waals surface area contributed by atoms with Crippen molar-refractivity contribution < 1.29 is 54.1 Å². The molecule has 0 radical (unpaired) electrons. The molecule has 0 aliphatic heterocycles. The molecule has 0 amide bonds. The first-order valence-corrected chi connectivity index (χ1v) is 4.73. The standard InChI is InChI=1S/C8H8F10O2/c9-4(10,1-2-19)6(13,14)8(17,18)7(15,16)5(11,12)3-20/h19-20H,1-3H2. The third-order valence-corrected chi connectivity index (χ3v) is 2.33. The van der Waals surface area contributed by atoms with Crippen molar-refractivity contribution in [3.8, 4) is 0 Å². The number of aliphatic hydroxyl groups is 2. The van der Waals surface area contributed by atoms with Gasteiger partial charge in [0.2, 0.25) is 0 Å². The Kier molecular flexibility index (Phi) is 5.00. The summed E-state index contributed by atoms with van der Waals surface area (Å²) in [6.45, 7) is -4.74. The van der Waals surface area contributed by atoms with Gasteiger partial charge in [0.25, 0.3) is 0 Å². The van der Waals surface area contributed by atoms with Crippen molar-refractivity contribution in [2.24, 2.45) is 0 Å². The minimum absolute atomic E-state index is 1.78. The van der Waals surface area contributed by atoms with Crippen molar-refractivity contribution >= 4 is 0 Å². The number of hydrogen-bond donors (Lipinski definition) is 2. The number of rotatable bonds is 7. The number of alkyl halides is 10. The molecule has 0 saturated carbocycles. The second-order valence-corrected chi connectivity index (χ2v) is 3.76. The van der Waals surface area contributed by atoms with E-state index in [0.717, 1.165) is 0 Å². The van der Waals surface area contributed by atoms with Crippen LogP contribution in [0.3, 0.4) is 0 Å². The largest absolute Gasteiger partial charge is 0.396 e. The van der Waals surface area contributed by atoms with Crippen molar-refractivity contribution in [3.63, 3.8) is 0 Å². The Bertz CT molecular complexity index is 340. The maximum atomic E-state index is 12.8. The Balaban J connectivity index is 5.84. The van der Waals surface area contributed by atoms with E-state index < -0.39 is 49.2 Å². The van der Waals surface area contributed by atoms with E-state index in [1.165, 1.54) is 0 Å². The summed E-state index contributed by atoms with van der Waals surface area (Å²) < 4.78 is 127. The molecule has 0 aromatic heterocycles. The summed E-state index contributed by atoms with van der Waals surface area (Å²) in [5.41, 5.74) is 0. The highest BCUT2D eigenvalue weighted by Gasteiger charge is 2.85. The van der Waals surface area contributed by atoms with Crippen LogP contribution in [0.5, 0.6) is 0 Å². The Labute approximate surface area is 105 Å².